The van der Waals surface area contributed by atoms with Crippen LogP contribution in [0, 0.1) is 0 Å². The summed E-state index contributed by atoms with van der Waals surface area (Å²) in [6.07, 6.45) is 5.59. The third kappa shape index (κ3) is 2.52. The van der Waals surface area contributed by atoms with E-state index in [0.29, 0.717) is 18.4 Å². The predicted octanol–water partition coefficient (Wildman–Crippen LogP) is 2.20. The number of aromatic nitrogens is 2. The first-order valence-electron chi connectivity index (χ1n) is 6.72. The summed E-state index contributed by atoms with van der Waals surface area (Å²) in [5, 5.41) is 3.10. The summed E-state index contributed by atoms with van der Waals surface area (Å²) in [7, 11) is 1.64. The van der Waals surface area contributed by atoms with Crippen LogP contribution in [0.4, 0.5) is 5.82 Å². The summed E-state index contributed by atoms with van der Waals surface area (Å²) in [5.41, 5.74) is 0.947. The second-order valence-corrected chi connectivity index (χ2v) is 4.88. The maximum absolute atomic E-state index is 12.2. The van der Waals surface area contributed by atoms with Crippen LogP contribution in [0.15, 0.2) is 41.5 Å². The number of anilines is 1. The Kier molecular flexibility index (Phi) is 3.41. The van der Waals surface area contributed by atoms with E-state index in [-0.39, 0.29) is 5.56 Å². The smallest absolute Gasteiger partial charge is 0.293 e. The Balaban J connectivity index is 1.78. The minimum absolute atomic E-state index is 0.0510. The van der Waals surface area contributed by atoms with E-state index in [1.807, 2.05) is 24.3 Å². The van der Waals surface area contributed by atoms with Crippen molar-refractivity contribution in [3.05, 3.63) is 52.6 Å². The average Bonchev–Trinajstić information content (AvgIpc) is 3.31. The molecule has 2 aromatic rings. The van der Waals surface area contributed by atoms with Gasteiger partial charge in [0.1, 0.15) is 5.75 Å². The largest absolute Gasteiger partial charge is 0.496 e. The van der Waals surface area contributed by atoms with Crippen LogP contribution in [0.25, 0.3) is 0 Å². The number of nitrogens with one attached hydrogen (secondary N) is 1. The topological polar surface area (TPSA) is 56.1 Å². The monoisotopic (exact) mass is 271 g/mol. The van der Waals surface area contributed by atoms with E-state index in [4.69, 9.17) is 4.74 Å². The molecule has 1 aliphatic carbocycles. The molecule has 104 valence electrons. The number of hydrogen-bond acceptors (Lipinski definition) is 4. The molecule has 5 heteroatoms. The Morgan fingerprint density at radius 2 is 2.20 bits per heavy atom. The molecule has 0 aliphatic heterocycles. The lowest BCUT2D eigenvalue weighted by molar-refractivity contribution is 0.410. The van der Waals surface area contributed by atoms with E-state index < -0.39 is 0 Å². The van der Waals surface area contributed by atoms with Crippen LogP contribution in [-0.2, 0) is 6.54 Å². The summed E-state index contributed by atoms with van der Waals surface area (Å²) in [6, 6.07) is 8.09. The first-order valence-corrected chi connectivity index (χ1v) is 6.72. The lowest BCUT2D eigenvalue weighted by Gasteiger charge is -2.10. The fourth-order valence-corrected chi connectivity index (χ4v) is 2.21. The molecule has 20 heavy (non-hydrogen) atoms. The van der Waals surface area contributed by atoms with Crippen LogP contribution in [0.2, 0.25) is 0 Å². The second-order valence-electron chi connectivity index (χ2n) is 4.88. The molecule has 1 N–H and O–H groups in total. The molecule has 0 spiro atoms. The number of methoxy groups -OCH3 is 1. The van der Waals surface area contributed by atoms with Crippen molar-refractivity contribution < 1.29 is 4.74 Å². The number of ether oxygens (including phenoxy) is 1. The van der Waals surface area contributed by atoms with Gasteiger partial charge in [0.25, 0.3) is 5.56 Å². The molecule has 0 atom stereocenters. The zero-order valence-electron chi connectivity index (χ0n) is 11.4. The minimum atomic E-state index is -0.0510. The van der Waals surface area contributed by atoms with Gasteiger partial charge in [0, 0.05) is 30.5 Å². The molecule has 1 aromatic heterocycles. The Labute approximate surface area is 117 Å². The van der Waals surface area contributed by atoms with Crippen LogP contribution < -0.4 is 15.6 Å². The molecule has 3 rings (SSSR count). The molecule has 1 aromatic carbocycles. The van der Waals surface area contributed by atoms with E-state index in [9.17, 15) is 4.79 Å². The zero-order chi connectivity index (χ0) is 13.9. The van der Waals surface area contributed by atoms with Crippen molar-refractivity contribution in [1.82, 2.24) is 9.55 Å². The highest BCUT2D eigenvalue weighted by molar-refractivity contribution is 5.38. The number of nitrogens with zero attached hydrogens (tertiary/aromatic N) is 2. The normalized spacial score (nSPS) is 14.1. The van der Waals surface area contributed by atoms with Crippen LogP contribution >= 0.6 is 0 Å². The predicted molar refractivity (Wildman–Crippen MR) is 77.1 cm³/mol. The summed E-state index contributed by atoms with van der Waals surface area (Å²) in [6.45, 7) is 0.515. The summed E-state index contributed by atoms with van der Waals surface area (Å²) < 4.78 is 7.05. The summed E-state index contributed by atoms with van der Waals surface area (Å²) in [5.74, 6) is 1.20. The fraction of sp³-hybridized carbons (Fsp3) is 0.333. The quantitative estimate of drug-likeness (QED) is 0.905. The maximum atomic E-state index is 12.2. The van der Waals surface area contributed by atoms with E-state index >= 15 is 0 Å². The molecule has 0 saturated heterocycles. The molecular weight excluding hydrogens is 254 g/mol. The Hall–Kier alpha value is -2.30. The van der Waals surface area contributed by atoms with Gasteiger partial charge >= 0.3 is 0 Å². The van der Waals surface area contributed by atoms with Crippen molar-refractivity contribution in [3.8, 4) is 5.75 Å². The highest BCUT2D eigenvalue weighted by Gasteiger charge is 2.25. The highest BCUT2D eigenvalue weighted by atomic mass is 16.5. The van der Waals surface area contributed by atoms with Gasteiger partial charge in [-0.05, 0) is 18.9 Å². The summed E-state index contributed by atoms with van der Waals surface area (Å²) in [4.78, 5) is 16.4. The van der Waals surface area contributed by atoms with Gasteiger partial charge in [0.05, 0.1) is 7.11 Å². The van der Waals surface area contributed by atoms with Gasteiger partial charge in [-0.25, -0.2) is 4.98 Å². The van der Waals surface area contributed by atoms with Gasteiger partial charge < -0.3 is 14.6 Å². The Bertz CT molecular complexity index is 662. The van der Waals surface area contributed by atoms with E-state index in [0.717, 1.165) is 24.2 Å². The Morgan fingerprint density at radius 1 is 1.40 bits per heavy atom. The first kappa shape index (κ1) is 12.7. The molecule has 0 amide bonds. The third-order valence-corrected chi connectivity index (χ3v) is 3.45. The molecule has 0 bridgehead atoms. The minimum Gasteiger partial charge on any atom is -0.496 e. The standard InChI is InChI=1S/C15H17N3O2/c1-20-13-5-3-2-4-11(13)10-17-14-15(19)18(9-8-16-14)12-6-7-12/h2-5,8-9,12H,6-7,10H2,1H3,(H,16,17). The van der Waals surface area contributed by atoms with E-state index in [1.165, 1.54) is 0 Å². The van der Waals surface area contributed by atoms with Crippen molar-refractivity contribution >= 4 is 5.82 Å². The van der Waals surface area contributed by atoms with Gasteiger partial charge in [-0.15, -0.1) is 0 Å². The fourth-order valence-electron chi connectivity index (χ4n) is 2.21. The molecular formula is C15H17N3O2. The second kappa shape index (κ2) is 5.36. The van der Waals surface area contributed by atoms with Gasteiger partial charge in [-0.1, -0.05) is 18.2 Å². The molecule has 1 heterocycles. The lowest BCUT2D eigenvalue weighted by atomic mass is 10.2. The molecule has 0 unspecified atom stereocenters. The van der Waals surface area contributed by atoms with Crippen molar-refractivity contribution in [1.29, 1.82) is 0 Å². The van der Waals surface area contributed by atoms with Gasteiger partial charge in [-0.3, -0.25) is 4.79 Å². The van der Waals surface area contributed by atoms with Crippen LogP contribution in [0.5, 0.6) is 5.75 Å². The molecule has 0 radical (unpaired) electrons. The maximum Gasteiger partial charge on any atom is 0.293 e. The van der Waals surface area contributed by atoms with Gasteiger partial charge in [-0.2, -0.15) is 0 Å². The zero-order valence-corrected chi connectivity index (χ0v) is 11.4. The molecule has 5 nitrogen and oxygen atoms in total. The average molecular weight is 271 g/mol. The molecule has 1 aliphatic rings. The molecule has 1 saturated carbocycles. The van der Waals surface area contributed by atoms with Gasteiger partial charge in [0.2, 0.25) is 0 Å². The van der Waals surface area contributed by atoms with Crippen molar-refractivity contribution in [2.24, 2.45) is 0 Å². The van der Waals surface area contributed by atoms with Crippen molar-refractivity contribution in [3.63, 3.8) is 0 Å². The highest BCUT2D eigenvalue weighted by Crippen LogP contribution is 2.33. The van der Waals surface area contributed by atoms with E-state index in [1.54, 1.807) is 24.1 Å². The number of hydrogen-bond donors (Lipinski definition) is 1. The van der Waals surface area contributed by atoms with Crippen LogP contribution in [0.1, 0.15) is 24.4 Å². The van der Waals surface area contributed by atoms with Crippen molar-refractivity contribution in [2.75, 3.05) is 12.4 Å². The Morgan fingerprint density at radius 3 is 2.95 bits per heavy atom. The SMILES string of the molecule is COc1ccccc1CNc1nccn(C2CC2)c1=O. The van der Waals surface area contributed by atoms with Crippen LogP contribution in [0.3, 0.4) is 0 Å². The summed E-state index contributed by atoms with van der Waals surface area (Å²) >= 11 is 0. The van der Waals surface area contributed by atoms with Crippen molar-refractivity contribution in [2.45, 2.75) is 25.4 Å². The third-order valence-electron chi connectivity index (χ3n) is 3.45. The van der Waals surface area contributed by atoms with Gasteiger partial charge in [0.15, 0.2) is 5.82 Å². The van der Waals surface area contributed by atoms with Crippen LogP contribution in [-0.4, -0.2) is 16.7 Å². The first-order chi connectivity index (χ1) is 9.79. The number of benzene rings is 1. The lowest BCUT2D eigenvalue weighted by Crippen LogP contribution is -2.23. The van der Waals surface area contributed by atoms with E-state index in [2.05, 4.69) is 10.3 Å². The number of para-hydroxylation sites is 1. The molecule has 1 fully saturated rings. The number of rotatable bonds is 5.